The number of sulfonamides is 1. The summed E-state index contributed by atoms with van der Waals surface area (Å²) >= 11 is 6.56. The summed E-state index contributed by atoms with van der Waals surface area (Å²) in [5.74, 6) is 0.616. The van der Waals surface area contributed by atoms with Gasteiger partial charge in [0.05, 0.1) is 17.0 Å². The zero-order valence-corrected chi connectivity index (χ0v) is 36.0. The van der Waals surface area contributed by atoms with Crippen molar-refractivity contribution in [3.63, 3.8) is 0 Å². The number of allylic oxidation sites excluding steroid dienone is 1. The highest BCUT2D eigenvalue weighted by molar-refractivity contribution is 7.91. The van der Waals surface area contributed by atoms with Crippen LogP contribution in [0.2, 0.25) is 5.02 Å². The first-order valence-corrected chi connectivity index (χ1v) is 24.1. The minimum atomic E-state index is -4.08. The highest BCUT2D eigenvalue weighted by Gasteiger charge is 2.63. The normalized spacial score (nSPS) is 34.7. The van der Waals surface area contributed by atoms with Crippen LogP contribution in [0.15, 0.2) is 78.9 Å². The molecule has 11 heteroatoms. The molecule has 9 nitrogen and oxygen atoms in total. The van der Waals surface area contributed by atoms with E-state index >= 15 is 0 Å². The monoisotopic (exact) mass is 838 g/mol. The van der Waals surface area contributed by atoms with Crippen molar-refractivity contribution in [1.82, 2.24) is 14.5 Å². The van der Waals surface area contributed by atoms with Gasteiger partial charge in [0.25, 0.3) is 5.91 Å². The van der Waals surface area contributed by atoms with Crippen LogP contribution in [0.25, 0.3) is 0 Å². The summed E-state index contributed by atoms with van der Waals surface area (Å²) in [4.78, 5) is 22.0. The van der Waals surface area contributed by atoms with Crippen LogP contribution in [-0.2, 0) is 33.0 Å². The number of nitrogens with one attached hydrogen (secondary N) is 1. The second kappa shape index (κ2) is 15.5. The zero-order chi connectivity index (χ0) is 40.4. The number of aryl methyl sites for hydroxylation is 1. The van der Waals surface area contributed by atoms with Gasteiger partial charge >= 0.3 is 0 Å². The number of fused-ring (bicyclic) bond motifs is 6. The van der Waals surface area contributed by atoms with Gasteiger partial charge in [-0.15, -0.1) is 0 Å². The first-order chi connectivity index (χ1) is 28.6. The van der Waals surface area contributed by atoms with E-state index in [-0.39, 0.29) is 17.3 Å². The molecule has 2 bridgehead atoms. The van der Waals surface area contributed by atoms with Crippen LogP contribution in [0.5, 0.6) is 5.75 Å². The number of amides is 1. The molecule has 3 aromatic rings. The third kappa shape index (κ3) is 7.22. The summed E-state index contributed by atoms with van der Waals surface area (Å²) in [5.41, 5.74) is 3.90. The molecule has 7 aliphatic rings. The lowest BCUT2D eigenvalue weighted by molar-refractivity contribution is -0.100. The van der Waals surface area contributed by atoms with E-state index in [0.29, 0.717) is 43.4 Å². The average molecular weight is 840 g/mol. The van der Waals surface area contributed by atoms with Gasteiger partial charge in [0.2, 0.25) is 10.0 Å². The predicted molar refractivity (Wildman–Crippen MR) is 233 cm³/mol. The molecular weight excluding hydrogens is 780 g/mol. The second-order valence-electron chi connectivity index (χ2n) is 19.0. The molecule has 314 valence electrons. The number of carbonyl (C=O) groups excluding carboxylic acids is 1. The number of halogens is 1. The minimum Gasteiger partial charge on any atom is -0.490 e. The lowest BCUT2D eigenvalue weighted by Crippen LogP contribution is -2.61. The van der Waals surface area contributed by atoms with E-state index in [1.54, 1.807) is 6.07 Å². The molecular formula is C48H59ClN4O5S. The summed E-state index contributed by atoms with van der Waals surface area (Å²) in [6, 6.07) is 22.2. The maximum Gasteiger partial charge on any atom is 0.264 e. The highest BCUT2D eigenvalue weighted by Crippen LogP contribution is 2.55. The third-order valence-electron chi connectivity index (χ3n) is 15.7. The second-order valence-corrected chi connectivity index (χ2v) is 21.5. The first kappa shape index (κ1) is 39.7. The molecule has 0 unspecified atom stereocenters. The Hall–Kier alpha value is -3.41. The third-order valence-corrected chi connectivity index (χ3v) is 18.1. The van der Waals surface area contributed by atoms with Gasteiger partial charge in [-0.2, -0.15) is 0 Å². The largest absolute Gasteiger partial charge is 0.490 e. The Balaban J connectivity index is 1.05. The summed E-state index contributed by atoms with van der Waals surface area (Å²) < 4.78 is 44.3. The maximum atomic E-state index is 14.6. The Bertz CT molecular complexity index is 2220. The fourth-order valence-corrected chi connectivity index (χ4v) is 14.3. The molecule has 4 aliphatic heterocycles. The van der Waals surface area contributed by atoms with Gasteiger partial charge in [0, 0.05) is 68.4 Å². The van der Waals surface area contributed by atoms with Crippen LogP contribution >= 0.6 is 11.6 Å². The molecule has 1 spiro atoms. The van der Waals surface area contributed by atoms with E-state index in [1.165, 1.54) is 36.9 Å². The molecule has 0 aromatic heterocycles. The van der Waals surface area contributed by atoms with Crippen LogP contribution in [-0.4, -0.2) is 100 Å². The minimum absolute atomic E-state index is 0.130. The molecule has 59 heavy (non-hydrogen) atoms. The Morgan fingerprint density at radius 2 is 1.85 bits per heavy atom. The number of hydrogen-bond donors (Lipinski definition) is 1. The van der Waals surface area contributed by atoms with Crippen molar-refractivity contribution in [3.05, 3.63) is 106 Å². The van der Waals surface area contributed by atoms with Gasteiger partial charge in [-0.05, 0) is 136 Å². The van der Waals surface area contributed by atoms with Gasteiger partial charge in [-0.25, -0.2) is 13.1 Å². The van der Waals surface area contributed by atoms with Gasteiger partial charge < -0.3 is 14.4 Å². The topological polar surface area (TPSA) is 91.4 Å². The van der Waals surface area contributed by atoms with Crippen molar-refractivity contribution in [2.24, 2.45) is 17.8 Å². The number of methoxy groups -OCH3 is 1. The number of piperidine rings is 1. The number of nitrogens with zero attached hydrogens (tertiary/aromatic N) is 3. The lowest BCUT2D eigenvalue weighted by atomic mass is 9.63. The van der Waals surface area contributed by atoms with Gasteiger partial charge in [0.15, 0.2) is 0 Å². The van der Waals surface area contributed by atoms with E-state index in [4.69, 9.17) is 21.1 Å². The SMILES string of the molecule is CO[C@@]1(CN2CCN3CCCC[C@@H]3C2)/C=C/C[C@@H]2C[C@@]2(Cc2ccccc2)S(=O)(=O)NC(=O)c2ccc3c(c2)N(C[C@@H]2CC[C@H]21)C[C@@]1(CCCc2cc(Cl)ccc21)CO3. The first-order valence-electron chi connectivity index (χ1n) is 22.2. The zero-order valence-electron chi connectivity index (χ0n) is 34.4. The lowest BCUT2D eigenvalue weighted by Gasteiger charge is -2.53. The van der Waals surface area contributed by atoms with E-state index in [0.717, 1.165) is 93.4 Å². The van der Waals surface area contributed by atoms with E-state index < -0.39 is 26.3 Å². The van der Waals surface area contributed by atoms with Crippen LogP contribution in [0.3, 0.4) is 0 Å². The van der Waals surface area contributed by atoms with E-state index in [9.17, 15) is 13.2 Å². The molecule has 7 atom stereocenters. The van der Waals surface area contributed by atoms with Crippen LogP contribution < -0.4 is 14.4 Å². The maximum absolute atomic E-state index is 14.6. The average Bonchev–Trinajstić information content (AvgIpc) is 3.97. The number of ether oxygens (including phenoxy) is 2. The summed E-state index contributed by atoms with van der Waals surface area (Å²) in [6.45, 7) is 7.23. The highest BCUT2D eigenvalue weighted by atomic mass is 35.5. The summed E-state index contributed by atoms with van der Waals surface area (Å²) in [5, 5.41) is 0.753. The van der Waals surface area contributed by atoms with Crippen LogP contribution in [0, 0.1) is 17.8 Å². The van der Waals surface area contributed by atoms with E-state index in [2.05, 4.69) is 43.7 Å². The number of carbonyl (C=O) groups is 1. The molecule has 10 rings (SSSR count). The molecule has 1 amide bonds. The van der Waals surface area contributed by atoms with Crippen LogP contribution in [0.1, 0.15) is 84.8 Å². The molecule has 4 heterocycles. The van der Waals surface area contributed by atoms with Crippen molar-refractivity contribution in [2.45, 2.75) is 92.4 Å². The van der Waals surface area contributed by atoms with Crippen molar-refractivity contribution >= 4 is 33.2 Å². The predicted octanol–water partition coefficient (Wildman–Crippen LogP) is 7.42. The smallest absolute Gasteiger partial charge is 0.264 e. The molecule has 4 fully saturated rings. The fourth-order valence-electron chi connectivity index (χ4n) is 12.2. The molecule has 3 aliphatic carbocycles. The number of anilines is 1. The fraction of sp³-hybridized carbons (Fsp3) is 0.562. The van der Waals surface area contributed by atoms with Crippen molar-refractivity contribution < 1.29 is 22.7 Å². The number of hydrogen-bond acceptors (Lipinski definition) is 8. The van der Waals surface area contributed by atoms with Crippen molar-refractivity contribution in [2.75, 3.05) is 64.4 Å². The van der Waals surface area contributed by atoms with Gasteiger partial charge in [-0.3, -0.25) is 14.6 Å². The van der Waals surface area contributed by atoms with Gasteiger partial charge in [0.1, 0.15) is 11.4 Å². The molecule has 2 saturated carbocycles. The van der Waals surface area contributed by atoms with Gasteiger partial charge in [-0.1, -0.05) is 66.6 Å². The number of rotatable bonds is 5. The summed E-state index contributed by atoms with van der Waals surface area (Å²) in [7, 11) is -2.19. The van der Waals surface area contributed by atoms with Crippen LogP contribution in [0.4, 0.5) is 5.69 Å². The molecule has 0 radical (unpaired) electrons. The summed E-state index contributed by atoms with van der Waals surface area (Å²) in [6.07, 6.45) is 15.0. The number of benzene rings is 3. The number of piperazine rings is 1. The molecule has 2 saturated heterocycles. The molecule has 3 aromatic carbocycles. The standard InChI is InChI=1S/C48H59ClN4O5S/c1-57-47(32-51-23-24-52-22-6-5-13-40(52)30-51)21-8-12-38-28-48(38,27-34-9-3-2-4-10-34)59(55,56)50-45(54)36-15-19-44-43(26-36)53(29-37-14-17-42(37)47)31-46(33-58-44)20-7-11-35-25-39(49)16-18-41(35)46/h2-4,8-10,15-16,18-19,21,25-26,37-38,40,42H,5-7,11-14,17,20,22-24,27-33H2,1H3,(H,50,54)/b21-8+/t37-,38+,40+,42+,46-,47+,48+/m0/s1. The Morgan fingerprint density at radius 3 is 2.68 bits per heavy atom. The Kier molecular flexibility index (Phi) is 10.4. The van der Waals surface area contributed by atoms with Crippen molar-refractivity contribution in [3.8, 4) is 5.75 Å². The Morgan fingerprint density at radius 1 is 0.966 bits per heavy atom. The van der Waals surface area contributed by atoms with E-state index in [1.807, 2.05) is 55.6 Å². The molecule has 1 N–H and O–H groups in total. The Labute approximate surface area is 355 Å². The van der Waals surface area contributed by atoms with Crippen molar-refractivity contribution in [1.29, 1.82) is 0 Å². The quantitative estimate of drug-likeness (QED) is 0.266.